The van der Waals surface area contributed by atoms with Gasteiger partial charge < -0.3 is 5.73 Å². The molecule has 1 aliphatic rings. The molecule has 0 saturated heterocycles. The molecule has 0 amide bonds. The van der Waals surface area contributed by atoms with Gasteiger partial charge in [0.05, 0.1) is 5.03 Å². The quantitative estimate of drug-likeness (QED) is 0.608. The minimum atomic E-state index is 0.769. The molecule has 1 heterocycles. The van der Waals surface area contributed by atoms with Crippen molar-refractivity contribution in [2.24, 2.45) is 5.73 Å². The summed E-state index contributed by atoms with van der Waals surface area (Å²) in [4.78, 5) is 0. The van der Waals surface area contributed by atoms with Crippen LogP contribution in [0.15, 0.2) is 10.6 Å². The number of nitrogens with two attached hydrogens (primary N) is 1. The van der Waals surface area contributed by atoms with E-state index in [1.165, 1.54) is 18.4 Å². The van der Waals surface area contributed by atoms with Gasteiger partial charge in [0, 0.05) is 5.25 Å². The van der Waals surface area contributed by atoms with Crippen molar-refractivity contribution >= 4 is 11.8 Å². The summed E-state index contributed by atoms with van der Waals surface area (Å²) in [5, 5.41) is 1.83. The van der Waals surface area contributed by atoms with Crippen LogP contribution in [0.1, 0.15) is 26.7 Å². The van der Waals surface area contributed by atoms with Gasteiger partial charge in [-0.1, -0.05) is 6.92 Å². The number of rotatable bonds is 1. The predicted octanol–water partition coefficient (Wildman–Crippen LogP) is 2.09. The Bertz CT molecular complexity index is 126. The molecule has 0 bridgehead atoms. The fourth-order valence-electron chi connectivity index (χ4n) is 0.992. The lowest BCUT2D eigenvalue weighted by molar-refractivity contribution is 0.822. The summed E-state index contributed by atoms with van der Waals surface area (Å²) in [6, 6.07) is 0. The standard InChI is InChI=1S/C7H13NS/c1-3-6-4-5(2)7(8)9-6/h6H,3-4,8H2,1-2H3. The second-order valence-corrected chi connectivity index (χ2v) is 3.84. The van der Waals surface area contributed by atoms with Crippen LogP contribution in [0, 0.1) is 0 Å². The summed E-state index contributed by atoms with van der Waals surface area (Å²) in [6.07, 6.45) is 2.44. The molecule has 2 N–H and O–H groups in total. The van der Waals surface area contributed by atoms with Gasteiger partial charge >= 0.3 is 0 Å². The minimum absolute atomic E-state index is 0.769. The highest BCUT2D eigenvalue weighted by molar-refractivity contribution is 8.03. The molecule has 0 aromatic heterocycles. The van der Waals surface area contributed by atoms with Gasteiger partial charge in [0.2, 0.25) is 0 Å². The molecule has 0 fully saturated rings. The van der Waals surface area contributed by atoms with Crippen LogP contribution in [0.25, 0.3) is 0 Å². The van der Waals surface area contributed by atoms with Gasteiger partial charge in [-0.2, -0.15) is 0 Å². The van der Waals surface area contributed by atoms with E-state index >= 15 is 0 Å². The van der Waals surface area contributed by atoms with Gasteiger partial charge in [0.25, 0.3) is 0 Å². The van der Waals surface area contributed by atoms with Gasteiger partial charge in [-0.15, -0.1) is 11.8 Å². The van der Waals surface area contributed by atoms with Crippen LogP contribution < -0.4 is 5.73 Å². The van der Waals surface area contributed by atoms with E-state index in [1.807, 2.05) is 11.8 Å². The third-order valence-electron chi connectivity index (χ3n) is 1.70. The Morgan fingerprint density at radius 3 is 2.67 bits per heavy atom. The molecule has 9 heavy (non-hydrogen) atoms. The van der Waals surface area contributed by atoms with Crippen LogP contribution in [0.4, 0.5) is 0 Å². The average Bonchev–Trinajstić information content (AvgIpc) is 2.13. The zero-order valence-electron chi connectivity index (χ0n) is 5.98. The number of hydrogen-bond acceptors (Lipinski definition) is 2. The third-order valence-corrected chi connectivity index (χ3v) is 3.14. The second kappa shape index (κ2) is 2.65. The maximum Gasteiger partial charge on any atom is 0.0647 e. The molecule has 0 aromatic carbocycles. The SMILES string of the molecule is CCC1CC(C)=C(N)S1. The molecule has 52 valence electrons. The normalized spacial score (nSPS) is 27.6. The molecule has 0 saturated carbocycles. The summed E-state index contributed by atoms with van der Waals surface area (Å²) in [5.41, 5.74) is 7.07. The molecule has 1 unspecified atom stereocenters. The highest BCUT2D eigenvalue weighted by Gasteiger charge is 2.17. The molecule has 0 aliphatic carbocycles. The van der Waals surface area contributed by atoms with E-state index in [0.717, 1.165) is 10.3 Å². The van der Waals surface area contributed by atoms with E-state index < -0.39 is 0 Å². The first kappa shape index (κ1) is 7.00. The van der Waals surface area contributed by atoms with Crippen molar-refractivity contribution in [3.8, 4) is 0 Å². The first-order chi connectivity index (χ1) is 4.24. The van der Waals surface area contributed by atoms with Gasteiger partial charge in [0.15, 0.2) is 0 Å². The van der Waals surface area contributed by atoms with Crippen LogP contribution >= 0.6 is 11.8 Å². The fourth-order valence-corrected chi connectivity index (χ4v) is 2.14. The minimum Gasteiger partial charge on any atom is -0.394 e. The summed E-state index contributed by atoms with van der Waals surface area (Å²) < 4.78 is 0. The van der Waals surface area contributed by atoms with E-state index in [-0.39, 0.29) is 0 Å². The highest BCUT2D eigenvalue weighted by atomic mass is 32.2. The molecular formula is C7H13NS. The van der Waals surface area contributed by atoms with Crippen molar-refractivity contribution in [1.82, 2.24) is 0 Å². The number of thioether (sulfide) groups is 1. The van der Waals surface area contributed by atoms with Gasteiger partial charge in [-0.3, -0.25) is 0 Å². The van der Waals surface area contributed by atoms with Crippen LogP contribution in [0.3, 0.4) is 0 Å². The molecule has 1 aliphatic heterocycles. The zero-order chi connectivity index (χ0) is 6.85. The van der Waals surface area contributed by atoms with E-state index in [0.29, 0.717) is 0 Å². The van der Waals surface area contributed by atoms with Crippen molar-refractivity contribution in [2.45, 2.75) is 31.9 Å². The second-order valence-electron chi connectivity index (χ2n) is 2.50. The van der Waals surface area contributed by atoms with Crippen molar-refractivity contribution in [1.29, 1.82) is 0 Å². The Balaban J connectivity index is 2.48. The smallest absolute Gasteiger partial charge is 0.0647 e. The fraction of sp³-hybridized carbons (Fsp3) is 0.714. The Morgan fingerprint density at radius 2 is 2.44 bits per heavy atom. The van der Waals surface area contributed by atoms with E-state index in [4.69, 9.17) is 5.73 Å². The van der Waals surface area contributed by atoms with Crippen molar-refractivity contribution in [3.63, 3.8) is 0 Å². The van der Waals surface area contributed by atoms with E-state index in [9.17, 15) is 0 Å². The Morgan fingerprint density at radius 1 is 1.78 bits per heavy atom. The Hall–Kier alpha value is -0.110. The summed E-state index contributed by atoms with van der Waals surface area (Å²) in [7, 11) is 0. The van der Waals surface area contributed by atoms with E-state index in [2.05, 4.69) is 13.8 Å². The topological polar surface area (TPSA) is 26.0 Å². The lowest BCUT2D eigenvalue weighted by atomic mass is 10.1. The third kappa shape index (κ3) is 1.42. The van der Waals surface area contributed by atoms with Gasteiger partial charge in [-0.05, 0) is 25.3 Å². The monoisotopic (exact) mass is 143 g/mol. The zero-order valence-corrected chi connectivity index (χ0v) is 6.79. The molecule has 2 heteroatoms. The Kier molecular flexibility index (Phi) is 2.06. The van der Waals surface area contributed by atoms with Crippen LogP contribution in [-0.4, -0.2) is 5.25 Å². The Labute approximate surface area is 60.7 Å². The first-order valence-corrected chi connectivity index (χ1v) is 4.24. The number of hydrogen-bond donors (Lipinski definition) is 1. The molecule has 0 aromatic rings. The van der Waals surface area contributed by atoms with Gasteiger partial charge in [0.1, 0.15) is 0 Å². The molecule has 1 nitrogen and oxygen atoms in total. The molecule has 0 radical (unpaired) electrons. The largest absolute Gasteiger partial charge is 0.394 e. The molecule has 1 rings (SSSR count). The maximum absolute atomic E-state index is 5.69. The average molecular weight is 143 g/mol. The molecule has 0 spiro atoms. The molecule has 1 atom stereocenters. The summed E-state index contributed by atoms with van der Waals surface area (Å²) >= 11 is 1.83. The lowest BCUT2D eigenvalue weighted by Gasteiger charge is -2.01. The van der Waals surface area contributed by atoms with Crippen molar-refractivity contribution in [2.75, 3.05) is 0 Å². The molecular weight excluding hydrogens is 130 g/mol. The first-order valence-electron chi connectivity index (χ1n) is 3.36. The predicted molar refractivity (Wildman–Crippen MR) is 43.2 cm³/mol. The van der Waals surface area contributed by atoms with Crippen LogP contribution in [-0.2, 0) is 0 Å². The van der Waals surface area contributed by atoms with Crippen LogP contribution in [0.2, 0.25) is 0 Å². The van der Waals surface area contributed by atoms with E-state index in [1.54, 1.807) is 0 Å². The summed E-state index contributed by atoms with van der Waals surface area (Å²) in [6.45, 7) is 4.33. The van der Waals surface area contributed by atoms with Crippen LogP contribution in [0.5, 0.6) is 0 Å². The summed E-state index contributed by atoms with van der Waals surface area (Å²) in [5.74, 6) is 0. The lowest BCUT2D eigenvalue weighted by Crippen LogP contribution is -1.94. The van der Waals surface area contributed by atoms with Gasteiger partial charge in [-0.25, -0.2) is 0 Å². The van der Waals surface area contributed by atoms with Crippen molar-refractivity contribution < 1.29 is 0 Å². The van der Waals surface area contributed by atoms with Crippen molar-refractivity contribution in [3.05, 3.63) is 10.6 Å². The maximum atomic E-state index is 5.69. The highest BCUT2D eigenvalue weighted by Crippen LogP contribution is 2.35. The number of allylic oxidation sites excluding steroid dienone is 1.